The van der Waals surface area contributed by atoms with E-state index in [1.165, 1.54) is 18.4 Å². The highest BCUT2D eigenvalue weighted by Gasteiger charge is 2.57. The molecule has 3 rings (SSSR count). The van der Waals surface area contributed by atoms with Crippen LogP contribution in [0.2, 0.25) is 0 Å². The molecular formula is C19H22O5S. The molecular weight excluding hydrogens is 340 g/mol. The van der Waals surface area contributed by atoms with E-state index >= 15 is 0 Å². The van der Waals surface area contributed by atoms with Gasteiger partial charge in [-0.3, -0.25) is 9.59 Å². The molecule has 0 radical (unpaired) electrons. The molecule has 1 heterocycles. The number of aromatic hydroxyl groups is 1. The Morgan fingerprint density at radius 3 is 2.44 bits per heavy atom. The van der Waals surface area contributed by atoms with Crippen LogP contribution in [-0.2, 0) is 9.53 Å². The van der Waals surface area contributed by atoms with Gasteiger partial charge in [-0.25, -0.2) is 0 Å². The number of Topliss-reactive ketones (excluding diaryl/α,β-unsaturated/α-hetero) is 1. The minimum Gasteiger partial charge on any atom is -0.504 e. The Hall–Kier alpha value is -2.08. The number of rotatable bonds is 4. The monoisotopic (exact) mass is 362 g/mol. The molecule has 5 nitrogen and oxygen atoms in total. The van der Waals surface area contributed by atoms with Crippen LogP contribution in [0.25, 0.3) is 10.1 Å². The van der Waals surface area contributed by atoms with Crippen LogP contribution < -0.4 is 4.74 Å². The van der Waals surface area contributed by atoms with Crippen molar-refractivity contribution in [3.05, 3.63) is 23.1 Å². The second-order valence-corrected chi connectivity index (χ2v) is 8.56. The highest BCUT2D eigenvalue weighted by atomic mass is 32.1. The Balaban J connectivity index is 1.82. The van der Waals surface area contributed by atoms with Gasteiger partial charge in [0.15, 0.2) is 17.3 Å². The van der Waals surface area contributed by atoms with Crippen LogP contribution in [0.4, 0.5) is 0 Å². The molecule has 2 aromatic rings. The van der Waals surface area contributed by atoms with E-state index in [1.807, 2.05) is 27.7 Å². The number of esters is 1. The van der Waals surface area contributed by atoms with Crippen molar-refractivity contribution < 1.29 is 24.2 Å². The van der Waals surface area contributed by atoms with E-state index in [0.29, 0.717) is 10.6 Å². The highest BCUT2D eigenvalue weighted by Crippen LogP contribution is 2.50. The molecule has 0 saturated heterocycles. The highest BCUT2D eigenvalue weighted by molar-refractivity contribution is 7.20. The molecule has 0 amide bonds. The normalized spacial score (nSPS) is 22.7. The zero-order valence-corrected chi connectivity index (χ0v) is 15.8. The fourth-order valence-electron chi connectivity index (χ4n) is 3.10. The number of phenols is 1. The van der Waals surface area contributed by atoms with Gasteiger partial charge in [-0.15, -0.1) is 11.3 Å². The number of carbonyl (C=O) groups excluding carboxylic acids is 2. The lowest BCUT2D eigenvalue weighted by atomic mass is 10.1. The summed E-state index contributed by atoms with van der Waals surface area (Å²) in [4.78, 5) is 25.7. The second kappa shape index (κ2) is 6.02. The van der Waals surface area contributed by atoms with Crippen LogP contribution in [0.3, 0.4) is 0 Å². The van der Waals surface area contributed by atoms with E-state index < -0.39 is 5.60 Å². The summed E-state index contributed by atoms with van der Waals surface area (Å²) in [7, 11) is 1.48. The number of methoxy groups -OCH3 is 1. The fraction of sp³-hybridized carbons (Fsp3) is 0.474. The van der Waals surface area contributed by atoms with Crippen LogP contribution in [-0.4, -0.2) is 29.6 Å². The van der Waals surface area contributed by atoms with Crippen molar-refractivity contribution in [3.63, 3.8) is 0 Å². The molecule has 3 atom stereocenters. The Morgan fingerprint density at radius 2 is 1.84 bits per heavy atom. The number of hydrogen-bond donors (Lipinski definition) is 1. The molecule has 6 heteroatoms. The van der Waals surface area contributed by atoms with E-state index in [0.717, 1.165) is 10.1 Å². The fourth-order valence-corrected chi connectivity index (χ4v) is 4.16. The van der Waals surface area contributed by atoms with E-state index in [-0.39, 0.29) is 35.3 Å². The van der Waals surface area contributed by atoms with Gasteiger partial charge in [-0.05, 0) is 44.2 Å². The third-order valence-corrected chi connectivity index (χ3v) is 5.53. The van der Waals surface area contributed by atoms with Gasteiger partial charge in [0.25, 0.3) is 0 Å². The maximum absolute atomic E-state index is 12.8. The van der Waals surface area contributed by atoms with Crippen LogP contribution >= 0.6 is 11.3 Å². The molecule has 1 fully saturated rings. The Kier molecular flexibility index (Phi) is 4.27. The number of benzene rings is 1. The first kappa shape index (κ1) is 17.7. The third-order valence-electron chi connectivity index (χ3n) is 4.42. The molecule has 1 aromatic carbocycles. The van der Waals surface area contributed by atoms with E-state index in [1.54, 1.807) is 18.2 Å². The topological polar surface area (TPSA) is 72.8 Å². The Bertz CT molecular complexity index is 845. The summed E-state index contributed by atoms with van der Waals surface area (Å²) in [5.41, 5.74) is -0.557. The Morgan fingerprint density at radius 1 is 1.16 bits per heavy atom. The molecule has 1 aliphatic rings. The summed E-state index contributed by atoms with van der Waals surface area (Å²) in [5, 5.41) is 10.7. The summed E-state index contributed by atoms with van der Waals surface area (Å²) in [5.74, 6) is -0.659. The molecule has 0 spiro atoms. The van der Waals surface area contributed by atoms with Gasteiger partial charge in [0.2, 0.25) is 0 Å². The van der Waals surface area contributed by atoms with Crippen molar-refractivity contribution in [3.8, 4) is 11.5 Å². The predicted octanol–water partition coefficient (Wildman–Crippen LogP) is 4.02. The average Bonchev–Trinajstić information content (AvgIpc) is 2.99. The van der Waals surface area contributed by atoms with Gasteiger partial charge in [0, 0.05) is 16.7 Å². The summed E-state index contributed by atoms with van der Waals surface area (Å²) in [6.07, 6.45) is 0. The Labute approximate surface area is 150 Å². The quantitative estimate of drug-likeness (QED) is 0.657. The first-order valence-corrected chi connectivity index (χ1v) is 9.01. The lowest BCUT2D eigenvalue weighted by Crippen LogP contribution is -2.25. The summed E-state index contributed by atoms with van der Waals surface area (Å²) in [6, 6.07) is 5.07. The van der Waals surface area contributed by atoms with Gasteiger partial charge < -0.3 is 14.6 Å². The lowest BCUT2D eigenvalue weighted by Gasteiger charge is -2.19. The van der Waals surface area contributed by atoms with Gasteiger partial charge in [0.05, 0.1) is 17.9 Å². The van der Waals surface area contributed by atoms with Gasteiger partial charge in [0.1, 0.15) is 5.60 Å². The standard InChI is InChI=1S/C19H22O5S/c1-9-15(16(9)18(22)24-19(2,3)4)17(21)14-7-10-6-11(20)12(23-5)8-13(10)25-14/h6-9,15-16,20H,1-5H3. The van der Waals surface area contributed by atoms with Gasteiger partial charge in [-0.2, -0.15) is 0 Å². The summed E-state index contributed by atoms with van der Waals surface area (Å²) >= 11 is 1.35. The number of phenolic OH excluding ortho intramolecular Hbond substituents is 1. The second-order valence-electron chi connectivity index (χ2n) is 7.48. The van der Waals surface area contributed by atoms with Crippen molar-refractivity contribution in [1.29, 1.82) is 0 Å². The van der Waals surface area contributed by atoms with Crippen LogP contribution in [0.5, 0.6) is 11.5 Å². The third kappa shape index (κ3) is 3.35. The molecule has 25 heavy (non-hydrogen) atoms. The molecule has 1 saturated carbocycles. The molecule has 134 valence electrons. The number of carbonyl (C=O) groups is 2. The van der Waals surface area contributed by atoms with Gasteiger partial charge >= 0.3 is 5.97 Å². The van der Waals surface area contributed by atoms with Crippen LogP contribution in [0, 0.1) is 17.8 Å². The first-order valence-electron chi connectivity index (χ1n) is 8.20. The van der Waals surface area contributed by atoms with Crippen molar-refractivity contribution in [1.82, 2.24) is 0 Å². The minimum absolute atomic E-state index is 0.0181. The van der Waals surface area contributed by atoms with Crippen molar-refractivity contribution in [2.75, 3.05) is 7.11 Å². The number of fused-ring (bicyclic) bond motifs is 1. The molecule has 0 aliphatic heterocycles. The summed E-state index contributed by atoms with van der Waals surface area (Å²) in [6.45, 7) is 7.36. The first-order chi connectivity index (χ1) is 11.6. The smallest absolute Gasteiger partial charge is 0.310 e. The zero-order chi connectivity index (χ0) is 18.5. The maximum Gasteiger partial charge on any atom is 0.310 e. The van der Waals surface area contributed by atoms with Gasteiger partial charge in [-0.1, -0.05) is 6.92 Å². The number of hydrogen-bond acceptors (Lipinski definition) is 6. The number of ketones is 1. The average molecular weight is 362 g/mol. The maximum atomic E-state index is 12.8. The number of thiophene rings is 1. The minimum atomic E-state index is -0.557. The SMILES string of the molecule is COc1cc2sc(C(=O)C3C(C)C3C(=O)OC(C)(C)C)cc2cc1O. The summed E-state index contributed by atoms with van der Waals surface area (Å²) < 4.78 is 11.4. The zero-order valence-electron chi connectivity index (χ0n) is 15.0. The van der Waals surface area contributed by atoms with Crippen LogP contribution in [0.1, 0.15) is 37.4 Å². The molecule has 1 N–H and O–H groups in total. The molecule has 1 aliphatic carbocycles. The lowest BCUT2D eigenvalue weighted by molar-refractivity contribution is -0.157. The number of ether oxygens (including phenoxy) is 2. The predicted molar refractivity (Wildman–Crippen MR) is 96.4 cm³/mol. The van der Waals surface area contributed by atoms with E-state index in [2.05, 4.69) is 0 Å². The van der Waals surface area contributed by atoms with E-state index in [9.17, 15) is 14.7 Å². The van der Waals surface area contributed by atoms with Crippen molar-refractivity contribution >= 4 is 33.2 Å². The van der Waals surface area contributed by atoms with Crippen LogP contribution in [0.15, 0.2) is 18.2 Å². The molecule has 0 bridgehead atoms. The van der Waals surface area contributed by atoms with Crippen molar-refractivity contribution in [2.24, 2.45) is 17.8 Å². The molecule has 3 unspecified atom stereocenters. The van der Waals surface area contributed by atoms with Crippen molar-refractivity contribution in [2.45, 2.75) is 33.3 Å². The largest absolute Gasteiger partial charge is 0.504 e. The van der Waals surface area contributed by atoms with E-state index in [4.69, 9.17) is 9.47 Å². The molecule has 1 aromatic heterocycles.